The first kappa shape index (κ1) is 26.3. The summed E-state index contributed by atoms with van der Waals surface area (Å²) in [6, 6.07) is 21.2. The molecule has 1 saturated heterocycles. The van der Waals surface area contributed by atoms with Gasteiger partial charge in [-0.15, -0.1) is 0 Å². The standard InChI is InChI=1S/C29H27N7O4S/c30-28-32-13-11-24(34-28)23-18-36(41(38,39)22-9-5-2-6-10-22)27-26(23)25(12-14-31-27)35-16-21(17-35)15-33-29(37)40-19-20-7-3-1-4-8-20/h1-14,18,21H,15-17,19H2,(H,33,37)(H2,30,32,34). The van der Waals surface area contributed by atoms with Gasteiger partial charge in [-0.25, -0.2) is 32.1 Å². The van der Waals surface area contributed by atoms with Gasteiger partial charge in [-0.3, -0.25) is 0 Å². The Bertz CT molecular complexity index is 1810. The van der Waals surface area contributed by atoms with Crippen LogP contribution in [-0.4, -0.2) is 53.1 Å². The number of benzene rings is 2. The Balaban J connectivity index is 1.25. The van der Waals surface area contributed by atoms with Crippen molar-refractivity contribution in [3.8, 4) is 11.3 Å². The van der Waals surface area contributed by atoms with Crippen molar-refractivity contribution in [2.24, 2.45) is 5.92 Å². The zero-order chi connectivity index (χ0) is 28.4. The van der Waals surface area contributed by atoms with Crippen LogP contribution in [0.5, 0.6) is 0 Å². The summed E-state index contributed by atoms with van der Waals surface area (Å²) in [4.78, 5) is 27.3. The number of rotatable bonds is 8. The molecule has 1 amide bonds. The number of pyridine rings is 1. The van der Waals surface area contributed by atoms with Crippen molar-refractivity contribution < 1.29 is 17.9 Å². The summed E-state index contributed by atoms with van der Waals surface area (Å²) < 4.78 is 33.8. The zero-order valence-corrected chi connectivity index (χ0v) is 22.7. The van der Waals surface area contributed by atoms with E-state index in [-0.39, 0.29) is 29.0 Å². The number of hydrogen-bond acceptors (Lipinski definition) is 9. The largest absolute Gasteiger partial charge is 0.445 e. The van der Waals surface area contributed by atoms with E-state index in [0.717, 1.165) is 11.3 Å². The van der Waals surface area contributed by atoms with Crippen LogP contribution in [0.25, 0.3) is 22.3 Å². The van der Waals surface area contributed by atoms with Crippen molar-refractivity contribution in [1.82, 2.24) is 24.2 Å². The molecular formula is C29H27N7O4S. The molecule has 5 aromatic rings. The lowest BCUT2D eigenvalue weighted by molar-refractivity contribution is 0.137. The van der Waals surface area contributed by atoms with Gasteiger partial charge in [0.2, 0.25) is 5.95 Å². The average Bonchev–Trinajstić information content (AvgIpc) is 3.38. The second-order valence-electron chi connectivity index (χ2n) is 9.70. The van der Waals surface area contributed by atoms with Crippen LogP contribution in [-0.2, 0) is 21.4 Å². The van der Waals surface area contributed by atoms with Crippen molar-refractivity contribution in [2.45, 2.75) is 11.5 Å². The van der Waals surface area contributed by atoms with E-state index in [1.165, 1.54) is 16.4 Å². The van der Waals surface area contributed by atoms with Crippen molar-refractivity contribution >= 4 is 38.8 Å². The Hall–Kier alpha value is -4.97. The fourth-order valence-electron chi connectivity index (χ4n) is 4.88. The van der Waals surface area contributed by atoms with Gasteiger partial charge in [0.05, 0.1) is 21.7 Å². The molecule has 0 unspecified atom stereocenters. The van der Waals surface area contributed by atoms with Gasteiger partial charge in [0.1, 0.15) is 6.61 Å². The second-order valence-corrected chi connectivity index (χ2v) is 11.5. The van der Waals surface area contributed by atoms with Gasteiger partial charge in [-0.2, -0.15) is 0 Å². The van der Waals surface area contributed by atoms with Crippen LogP contribution in [0.2, 0.25) is 0 Å². The van der Waals surface area contributed by atoms with Crippen LogP contribution in [0.15, 0.2) is 96.3 Å². The number of carbonyl (C=O) groups is 1. The third kappa shape index (κ3) is 5.29. The van der Waals surface area contributed by atoms with Crippen LogP contribution < -0.4 is 16.0 Å². The molecule has 4 heterocycles. The lowest BCUT2D eigenvalue weighted by Crippen LogP contribution is -2.51. The molecule has 12 heteroatoms. The number of nitrogens with two attached hydrogens (primary N) is 1. The summed E-state index contributed by atoms with van der Waals surface area (Å²) in [5.74, 6) is 0.268. The molecule has 0 aliphatic carbocycles. The highest BCUT2D eigenvalue weighted by Crippen LogP contribution is 2.39. The van der Waals surface area contributed by atoms with Crippen LogP contribution >= 0.6 is 0 Å². The topological polar surface area (TPSA) is 145 Å². The molecule has 0 radical (unpaired) electrons. The normalized spacial score (nSPS) is 13.6. The Morgan fingerprint density at radius 1 is 0.976 bits per heavy atom. The minimum atomic E-state index is -3.95. The van der Waals surface area contributed by atoms with E-state index in [1.54, 1.807) is 42.6 Å². The fourth-order valence-corrected chi connectivity index (χ4v) is 6.22. The molecule has 11 nitrogen and oxygen atoms in total. The van der Waals surface area contributed by atoms with E-state index in [2.05, 4.69) is 25.2 Å². The van der Waals surface area contributed by atoms with Crippen molar-refractivity contribution in [3.05, 3.63) is 97.0 Å². The highest BCUT2D eigenvalue weighted by atomic mass is 32.2. The summed E-state index contributed by atoms with van der Waals surface area (Å²) in [6.07, 6.45) is 4.20. The smallest absolute Gasteiger partial charge is 0.407 e. The number of amides is 1. The Labute approximate surface area is 236 Å². The van der Waals surface area contributed by atoms with Gasteiger partial charge in [-0.1, -0.05) is 48.5 Å². The number of hydrogen-bond donors (Lipinski definition) is 2. The molecular weight excluding hydrogens is 542 g/mol. The molecule has 1 aliphatic heterocycles. The summed E-state index contributed by atoms with van der Waals surface area (Å²) in [6.45, 7) is 1.97. The minimum Gasteiger partial charge on any atom is -0.445 e. The molecule has 6 rings (SSSR count). The predicted molar refractivity (Wildman–Crippen MR) is 155 cm³/mol. The van der Waals surface area contributed by atoms with Gasteiger partial charge >= 0.3 is 6.09 Å². The van der Waals surface area contributed by atoms with E-state index in [1.807, 2.05) is 36.4 Å². The first-order valence-corrected chi connectivity index (χ1v) is 14.4. The maximum atomic E-state index is 13.7. The monoisotopic (exact) mass is 569 g/mol. The number of nitrogen functional groups attached to an aromatic ring is 1. The van der Waals surface area contributed by atoms with E-state index >= 15 is 0 Å². The van der Waals surface area contributed by atoms with E-state index < -0.39 is 16.1 Å². The van der Waals surface area contributed by atoms with Crippen molar-refractivity contribution in [1.29, 1.82) is 0 Å². The third-order valence-corrected chi connectivity index (χ3v) is 8.59. The summed E-state index contributed by atoms with van der Waals surface area (Å²) in [5.41, 5.74) is 8.94. The molecule has 0 atom stereocenters. The molecule has 2 aromatic carbocycles. The minimum absolute atomic E-state index is 0.0778. The maximum absolute atomic E-state index is 13.7. The molecule has 1 aliphatic rings. The van der Waals surface area contributed by atoms with Crippen LogP contribution in [0, 0.1) is 5.92 Å². The number of anilines is 2. The van der Waals surface area contributed by atoms with Crippen LogP contribution in [0.1, 0.15) is 5.56 Å². The van der Waals surface area contributed by atoms with Crippen LogP contribution in [0.4, 0.5) is 16.4 Å². The lowest BCUT2D eigenvalue weighted by atomic mass is 9.98. The second kappa shape index (κ2) is 10.9. The van der Waals surface area contributed by atoms with Gasteiger partial charge in [-0.05, 0) is 29.8 Å². The fraction of sp³-hybridized carbons (Fsp3) is 0.172. The summed E-state index contributed by atoms with van der Waals surface area (Å²) in [7, 11) is -3.95. The highest BCUT2D eigenvalue weighted by molar-refractivity contribution is 7.90. The molecule has 0 bridgehead atoms. The van der Waals surface area contributed by atoms with Gasteiger partial charge in [0.25, 0.3) is 10.0 Å². The number of nitrogens with one attached hydrogen (secondary N) is 1. The van der Waals surface area contributed by atoms with E-state index in [0.29, 0.717) is 36.3 Å². The van der Waals surface area contributed by atoms with Gasteiger partial charge in [0, 0.05) is 49.7 Å². The number of fused-ring (bicyclic) bond motifs is 1. The average molecular weight is 570 g/mol. The SMILES string of the molecule is Nc1nccc(-c2cn(S(=O)(=O)c3ccccc3)c3nccc(N4CC(CNC(=O)OCc5ccccc5)C4)c23)n1. The van der Waals surface area contributed by atoms with Gasteiger partial charge in [0.15, 0.2) is 5.65 Å². The maximum Gasteiger partial charge on any atom is 0.407 e. The lowest BCUT2D eigenvalue weighted by Gasteiger charge is -2.41. The molecule has 1 fully saturated rings. The number of alkyl carbamates (subject to hydrolysis) is 1. The number of nitrogens with zero attached hydrogens (tertiary/aromatic N) is 5. The molecule has 208 valence electrons. The van der Waals surface area contributed by atoms with Gasteiger partial charge < -0.3 is 20.7 Å². The number of ether oxygens (including phenoxy) is 1. The van der Waals surface area contributed by atoms with Crippen molar-refractivity contribution in [3.63, 3.8) is 0 Å². The van der Waals surface area contributed by atoms with E-state index in [9.17, 15) is 13.2 Å². The molecule has 0 saturated carbocycles. The van der Waals surface area contributed by atoms with E-state index in [4.69, 9.17) is 10.5 Å². The summed E-state index contributed by atoms with van der Waals surface area (Å²) >= 11 is 0. The Morgan fingerprint density at radius 2 is 1.68 bits per heavy atom. The first-order valence-electron chi connectivity index (χ1n) is 13.0. The predicted octanol–water partition coefficient (Wildman–Crippen LogP) is 3.68. The Kier molecular flexibility index (Phi) is 6.98. The highest BCUT2D eigenvalue weighted by Gasteiger charge is 2.32. The van der Waals surface area contributed by atoms with Crippen molar-refractivity contribution in [2.75, 3.05) is 30.3 Å². The van der Waals surface area contributed by atoms with Crippen LogP contribution in [0.3, 0.4) is 0 Å². The third-order valence-electron chi connectivity index (χ3n) is 6.93. The zero-order valence-electron chi connectivity index (χ0n) is 21.9. The Morgan fingerprint density at radius 3 is 2.41 bits per heavy atom. The molecule has 3 aromatic heterocycles. The number of carbonyl (C=O) groups excluding carboxylic acids is 1. The molecule has 41 heavy (non-hydrogen) atoms. The summed E-state index contributed by atoms with van der Waals surface area (Å²) in [5, 5.41) is 3.47. The molecule has 3 N–H and O–H groups in total. The quantitative estimate of drug-likeness (QED) is 0.286. The number of aromatic nitrogens is 4. The molecule has 0 spiro atoms. The first-order chi connectivity index (χ1) is 19.9.